The Labute approximate surface area is 82.1 Å². The molecule has 78 valence electrons. The van der Waals surface area contributed by atoms with E-state index >= 15 is 0 Å². The topological polar surface area (TPSA) is 79.9 Å². The van der Waals surface area contributed by atoms with Gasteiger partial charge < -0.3 is 10.1 Å². The number of aromatic amines is 1. The van der Waals surface area contributed by atoms with Crippen LogP contribution < -0.4 is 5.32 Å². The van der Waals surface area contributed by atoms with Gasteiger partial charge in [-0.25, -0.2) is 9.78 Å². The molecule has 1 aromatic heterocycles. The fourth-order valence-corrected chi connectivity index (χ4v) is 0.961. The van der Waals surface area contributed by atoms with Gasteiger partial charge in [0.25, 0.3) is 5.82 Å². The maximum absolute atomic E-state index is 11.0. The average molecular weight is 198 g/mol. The first kappa shape index (κ1) is 10.6. The van der Waals surface area contributed by atoms with Gasteiger partial charge in [-0.2, -0.15) is 0 Å². The van der Waals surface area contributed by atoms with Gasteiger partial charge in [0.05, 0.1) is 7.11 Å². The second kappa shape index (κ2) is 4.71. The van der Waals surface area contributed by atoms with E-state index in [4.69, 9.17) is 0 Å². The molecule has 0 aliphatic heterocycles. The molecule has 1 unspecified atom stereocenters. The maximum atomic E-state index is 11.0. The third kappa shape index (κ3) is 2.53. The highest BCUT2D eigenvalue weighted by Gasteiger charge is 2.13. The number of nitrogens with one attached hydrogen (secondary N) is 2. The van der Waals surface area contributed by atoms with Crippen LogP contribution >= 0.6 is 0 Å². The summed E-state index contributed by atoms with van der Waals surface area (Å²) in [6, 6.07) is 0.286. The number of ether oxygens (including phenoxy) is 1. The largest absolute Gasteiger partial charge is 0.463 e. The van der Waals surface area contributed by atoms with E-state index in [-0.39, 0.29) is 11.9 Å². The number of carbonyl (C=O) groups excluding carboxylic acids is 1. The van der Waals surface area contributed by atoms with Gasteiger partial charge in [0.2, 0.25) is 0 Å². The fraction of sp³-hybridized carbons (Fsp3) is 0.625. The Morgan fingerprint density at radius 1 is 1.71 bits per heavy atom. The molecule has 0 aliphatic carbocycles. The molecular weight excluding hydrogens is 184 g/mol. The Morgan fingerprint density at radius 2 is 2.43 bits per heavy atom. The SMILES string of the molecule is CNC(C)Cc1nc(C(=O)OC)n[nH]1. The molecule has 6 heteroatoms. The number of hydrogen-bond acceptors (Lipinski definition) is 5. The maximum Gasteiger partial charge on any atom is 0.377 e. The molecule has 0 saturated carbocycles. The van der Waals surface area contributed by atoms with E-state index in [0.29, 0.717) is 12.2 Å². The lowest BCUT2D eigenvalue weighted by Gasteiger charge is -2.05. The smallest absolute Gasteiger partial charge is 0.377 e. The number of aromatic nitrogens is 3. The van der Waals surface area contributed by atoms with Crippen LogP contribution in [0.2, 0.25) is 0 Å². The van der Waals surface area contributed by atoms with Gasteiger partial charge in [0, 0.05) is 12.5 Å². The highest BCUT2D eigenvalue weighted by atomic mass is 16.5. The molecule has 0 bridgehead atoms. The van der Waals surface area contributed by atoms with E-state index in [1.165, 1.54) is 7.11 Å². The van der Waals surface area contributed by atoms with E-state index in [0.717, 1.165) is 0 Å². The molecule has 1 aromatic rings. The highest BCUT2D eigenvalue weighted by molar-refractivity contribution is 5.84. The van der Waals surface area contributed by atoms with Crippen LogP contribution in [0.1, 0.15) is 23.4 Å². The molecule has 1 heterocycles. The fourth-order valence-electron chi connectivity index (χ4n) is 0.961. The number of esters is 1. The van der Waals surface area contributed by atoms with Crippen molar-refractivity contribution in [2.24, 2.45) is 0 Å². The Balaban J connectivity index is 2.63. The zero-order valence-electron chi connectivity index (χ0n) is 8.50. The van der Waals surface area contributed by atoms with E-state index in [1.54, 1.807) is 0 Å². The summed E-state index contributed by atoms with van der Waals surface area (Å²) in [5, 5.41) is 9.48. The second-order valence-electron chi connectivity index (χ2n) is 2.99. The molecule has 0 aliphatic rings. The molecule has 0 saturated heterocycles. The van der Waals surface area contributed by atoms with Crippen LogP contribution in [0.15, 0.2) is 0 Å². The summed E-state index contributed by atoms with van der Waals surface area (Å²) in [6.07, 6.45) is 0.695. The summed E-state index contributed by atoms with van der Waals surface area (Å²) in [6.45, 7) is 2.01. The van der Waals surface area contributed by atoms with Crippen molar-refractivity contribution in [1.82, 2.24) is 20.5 Å². The van der Waals surface area contributed by atoms with Crippen molar-refractivity contribution in [3.05, 3.63) is 11.6 Å². The lowest BCUT2D eigenvalue weighted by atomic mass is 10.2. The van der Waals surface area contributed by atoms with E-state index in [2.05, 4.69) is 25.2 Å². The van der Waals surface area contributed by atoms with Crippen LogP contribution in [0.25, 0.3) is 0 Å². The van der Waals surface area contributed by atoms with Crippen LogP contribution in [-0.4, -0.2) is 41.3 Å². The molecule has 0 aromatic carbocycles. The van der Waals surface area contributed by atoms with Crippen LogP contribution in [0, 0.1) is 0 Å². The Hall–Kier alpha value is -1.43. The number of methoxy groups -OCH3 is 1. The normalized spacial score (nSPS) is 12.5. The van der Waals surface area contributed by atoms with Crippen molar-refractivity contribution < 1.29 is 9.53 Å². The standard InChI is InChI=1S/C8H14N4O2/c1-5(9-2)4-6-10-7(12-11-6)8(13)14-3/h5,9H,4H2,1-3H3,(H,10,11,12). The predicted octanol–water partition coefficient (Wildman–Crippen LogP) is -0.258. The van der Waals surface area contributed by atoms with Gasteiger partial charge in [-0.1, -0.05) is 0 Å². The first-order valence-corrected chi connectivity index (χ1v) is 4.34. The molecule has 14 heavy (non-hydrogen) atoms. The van der Waals surface area contributed by atoms with Crippen LogP contribution in [0.4, 0.5) is 0 Å². The molecule has 6 nitrogen and oxygen atoms in total. The van der Waals surface area contributed by atoms with Crippen LogP contribution in [0.5, 0.6) is 0 Å². The number of nitrogens with zero attached hydrogens (tertiary/aromatic N) is 2. The molecular formula is C8H14N4O2. The third-order valence-electron chi connectivity index (χ3n) is 1.89. The first-order valence-electron chi connectivity index (χ1n) is 4.34. The van der Waals surface area contributed by atoms with Crippen molar-refractivity contribution >= 4 is 5.97 Å². The van der Waals surface area contributed by atoms with E-state index in [9.17, 15) is 4.79 Å². The quantitative estimate of drug-likeness (QED) is 0.652. The van der Waals surface area contributed by atoms with Gasteiger partial charge in [0.15, 0.2) is 0 Å². The summed E-state index contributed by atoms with van der Waals surface area (Å²) in [7, 11) is 3.16. The molecule has 0 fully saturated rings. The molecule has 1 rings (SSSR count). The van der Waals surface area contributed by atoms with Gasteiger partial charge in [0.1, 0.15) is 5.82 Å². The number of likely N-dealkylation sites (N-methyl/N-ethyl adjacent to an activating group) is 1. The lowest BCUT2D eigenvalue weighted by Crippen LogP contribution is -2.24. The molecule has 0 radical (unpaired) electrons. The molecule has 0 amide bonds. The Bertz CT molecular complexity index is 310. The van der Waals surface area contributed by atoms with Crippen LogP contribution in [-0.2, 0) is 11.2 Å². The van der Waals surface area contributed by atoms with Crippen molar-refractivity contribution in [2.75, 3.05) is 14.2 Å². The van der Waals surface area contributed by atoms with Gasteiger partial charge >= 0.3 is 5.97 Å². The minimum atomic E-state index is -0.524. The number of carbonyl (C=O) groups is 1. The average Bonchev–Trinajstić information content (AvgIpc) is 2.65. The monoisotopic (exact) mass is 198 g/mol. The van der Waals surface area contributed by atoms with Crippen molar-refractivity contribution in [3.8, 4) is 0 Å². The zero-order valence-corrected chi connectivity index (χ0v) is 8.50. The van der Waals surface area contributed by atoms with E-state index in [1.807, 2.05) is 14.0 Å². The zero-order chi connectivity index (χ0) is 10.6. The second-order valence-corrected chi connectivity index (χ2v) is 2.99. The molecule has 1 atom stereocenters. The number of rotatable bonds is 4. The van der Waals surface area contributed by atoms with Crippen molar-refractivity contribution in [2.45, 2.75) is 19.4 Å². The highest BCUT2D eigenvalue weighted by Crippen LogP contribution is 1.98. The summed E-state index contributed by atoms with van der Waals surface area (Å²) < 4.78 is 4.48. The first-order chi connectivity index (χ1) is 6.67. The van der Waals surface area contributed by atoms with Crippen LogP contribution in [0.3, 0.4) is 0 Å². The third-order valence-corrected chi connectivity index (χ3v) is 1.89. The number of H-pyrrole nitrogens is 1. The predicted molar refractivity (Wildman–Crippen MR) is 49.9 cm³/mol. The van der Waals surface area contributed by atoms with Crippen molar-refractivity contribution in [1.29, 1.82) is 0 Å². The van der Waals surface area contributed by atoms with E-state index < -0.39 is 5.97 Å². The Morgan fingerprint density at radius 3 is 3.00 bits per heavy atom. The summed E-state index contributed by atoms with van der Waals surface area (Å²) >= 11 is 0. The van der Waals surface area contributed by atoms with Gasteiger partial charge in [-0.15, -0.1) is 5.10 Å². The molecule has 2 N–H and O–H groups in total. The minimum absolute atomic E-state index is 0.0748. The summed E-state index contributed by atoms with van der Waals surface area (Å²) in [4.78, 5) is 15.0. The molecule has 0 spiro atoms. The summed E-state index contributed by atoms with van der Waals surface area (Å²) in [5.74, 6) is 0.225. The number of hydrogen-bond donors (Lipinski definition) is 2. The minimum Gasteiger partial charge on any atom is -0.463 e. The summed E-state index contributed by atoms with van der Waals surface area (Å²) in [5.41, 5.74) is 0. The Kier molecular flexibility index (Phi) is 3.58. The van der Waals surface area contributed by atoms with Crippen molar-refractivity contribution in [3.63, 3.8) is 0 Å². The van der Waals surface area contributed by atoms with Gasteiger partial charge in [-0.05, 0) is 14.0 Å². The lowest BCUT2D eigenvalue weighted by molar-refractivity contribution is 0.0587. The van der Waals surface area contributed by atoms with Gasteiger partial charge in [-0.3, -0.25) is 5.10 Å².